The summed E-state index contributed by atoms with van der Waals surface area (Å²) in [5, 5.41) is 0. The number of fused-ring (bicyclic) bond motifs is 2. The summed E-state index contributed by atoms with van der Waals surface area (Å²) in [7, 11) is 0. The van der Waals surface area contributed by atoms with Crippen molar-refractivity contribution in [2.75, 3.05) is 9.80 Å². The summed E-state index contributed by atoms with van der Waals surface area (Å²) in [6.07, 6.45) is 0. The monoisotopic (exact) mass is 890 g/mol. The van der Waals surface area contributed by atoms with E-state index < -0.39 is 0 Å². The quantitative estimate of drug-likeness (QED) is 0.145. The van der Waals surface area contributed by atoms with Crippen molar-refractivity contribution in [1.82, 2.24) is 0 Å². The number of aryl methyl sites for hydroxylation is 3. The Bertz CT molecular complexity index is 3300. The van der Waals surface area contributed by atoms with Gasteiger partial charge in [0.05, 0.1) is 0 Å². The molecule has 69 heavy (non-hydrogen) atoms. The number of carbonyl (C=O) groups excluding carboxylic acids is 2. The lowest BCUT2D eigenvalue weighted by atomic mass is 9.81. The SMILES string of the molecule is Cc1ccc(N(c2ccccc2)c2ccc(-c3ccc4c(c3)C(=O)c3ccc(-c5ccc(N(c6ccc(C)cc6)c6ccc(C)cc6)cc5)cc3C4=O)cc2)cc1.c1ccc(-c2ccccc2)cc1. The van der Waals surface area contributed by atoms with Crippen molar-refractivity contribution < 1.29 is 9.59 Å². The highest BCUT2D eigenvalue weighted by molar-refractivity contribution is 6.29. The summed E-state index contributed by atoms with van der Waals surface area (Å²) >= 11 is 0. The number of carbonyl (C=O) groups is 2. The zero-order valence-corrected chi connectivity index (χ0v) is 38.9. The number of para-hydroxylation sites is 1. The standard InChI is InChI=1S/C53H40N2O2.C12H10/c1-35-9-21-43(22-10-35)54(42-7-5-4-6-8-42)46-27-15-38(16-28-46)40-19-31-48-50(33-40)52(56)49-32-20-41(34-51(49)53(48)57)39-17-29-47(30-18-39)55(44-23-11-36(2)12-24-44)45-25-13-37(3)14-26-45;1-3-7-11(8-4-1)12-9-5-2-6-10-12/h4-34H,1-3H3;1-10H. The normalized spacial score (nSPS) is 11.5. The van der Waals surface area contributed by atoms with Gasteiger partial charge in [0.2, 0.25) is 0 Å². The molecule has 0 atom stereocenters. The highest BCUT2D eigenvalue weighted by atomic mass is 16.1. The Balaban J connectivity index is 0.000000400. The van der Waals surface area contributed by atoms with E-state index in [1.165, 1.54) is 27.8 Å². The summed E-state index contributed by atoms with van der Waals surface area (Å²) < 4.78 is 0. The Morgan fingerprint density at radius 1 is 0.232 bits per heavy atom. The summed E-state index contributed by atoms with van der Waals surface area (Å²) in [6, 6.07) is 84.6. The second kappa shape index (κ2) is 19.5. The largest absolute Gasteiger partial charge is 0.311 e. The summed E-state index contributed by atoms with van der Waals surface area (Å²) in [4.78, 5) is 32.5. The molecule has 0 aliphatic heterocycles. The van der Waals surface area contributed by atoms with Gasteiger partial charge < -0.3 is 9.80 Å². The lowest BCUT2D eigenvalue weighted by molar-refractivity contribution is 0.0979. The Morgan fingerprint density at radius 2 is 0.478 bits per heavy atom. The van der Waals surface area contributed by atoms with Crippen LogP contribution in [0.4, 0.5) is 34.1 Å². The number of nitrogens with zero attached hydrogens (tertiary/aromatic N) is 2. The van der Waals surface area contributed by atoms with Gasteiger partial charge in [-0.1, -0.05) is 168 Å². The zero-order valence-electron chi connectivity index (χ0n) is 38.9. The van der Waals surface area contributed by atoms with Gasteiger partial charge in [0.15, 0.2) is 11.6 Å². The van der Waals surface area contributed by atoms with Crippen LogP contribution in [0, 0.1) is 20.8 Å². The van der Waals surface area contributed by atoms with Gasteiger partial charge in [0.1, 0.15) is 0 Å². The molecular formula is C65H50N2O2. The molecular weight excluding hydrogens is 841 g/mol. The fourth-order valence-electron chi connectivity index (χ4n) is 8.93. The van der Waals surface area contributed by atoms with Crippen LogP contribution in [0.3, 0.4) is 0 Å². The van der Waals surface area contributed by atoms with Gasteiger partial charge in [0.25, 0.3) is 0 Å². The molecule has 1 aliphatic rings. The maximum Gasteiger partial charge on any atom is 0.194 e. The highest BCUT2D eigenvalue weighted by Crippen LogP contribution is 2.39. The van der Waals surface area contributed by atoms with Gasteiger partial charge in [-0.3, -0.25) is 9.59 Å². The lowest BCUT2D eigenvalue weighted by Crippen LogP contribution is -2.21. The van der Waals surface area contributed by atoms with Gasteiger partial charge in [-0.2, -0.15) is 0 Å². The minimum atomic E-state index is -0.138. The minimum Gasteiger partial charge on any atom is -0.311 e. The molecule has 332 valence electrons. The molecule has 0 heterocycles. The molecule has 0 aromatic heterocycles. The topological polar surface area (TPSA) is 40.6 Å². The van der Waals surface area contributed by atoms with Crippen LogP contribution in [0.2, 0.25) is 0 Å². The molecule has 0 saturated carbocycles. The minimum absolute atomic E-state index is 0.138. The van der Waals surface area contributed by atoms with Gasteiger partial charge in [0, 0.05) is 56.4 Å². The van der Waals surface area contributed by atoms with Crippen LogP contribution in [0.1, 0.15) is 48.5 Å². The van der Waals surface area contributed by atoms with Gasteiger partial charge >= 0.3 is 0 Å². The lowest BCUT2D eigenvalue weighted by Gasteiger charge is -2.26. The van der Waals surface area contributed by atoms with Crippen molar-refractivity contribution in [1.29, 1.82) is 0 Å². The first-order valence-corrected chi connectivity index (χ1v) is 23.3. The number of ketones is 2. The average Bonchev–Trinajstić information content (AvgIpc) is 3.41. The molecule has 10 aromatic carbocycles. The van der Waals surface area contributed by atoms with Crippen LogP contribution in [0.25, 0.3) is 33.4 Å². The van der Waals surface area contributed by atoms with Crippen LogP contribution < -0.4 is 9.80 Å². The predicted molar refractivity (Wildman–Crippen MR) is 286 cm³/mol. The maximum atomic E-state index is 14.0. The van der Waals surface area contributed by atoms with Gasteiger partial charge in [-0.25, -0.2) is 0 Å². The number of rotatable bonds is 9. The van der Waals surface area contributed by atoms with Crippen molar-refractivity contribution in [3.05, 3.63) is 288 Å². The molecule has 1 aliphatic carbocycles. The molecule has 11 rings (SSSR count). The maximum absolute atomic E-state index is 14.0. The van der Waals surface area contributed by atoms with Gasteiger partial charge in [-0.15, -0.1) is 0 Å². The Labute approximate surface area is 405 Å². The molecule has 0 unspecified atom stereocenters. The van der Waals surface area contributed by atoms with Crippen LogP contribution in [0.15, 0.2) is 249 Å². The third kappa shape index (κ3) is 9.42. The second-order valence-corrected chi connectivity index (χ2v) is 17.5. The fraction of sp³-hybridized carbons (Fsp3) is 0.0462. The number of hydrogen-bond acceptors (Lipinski definition) is 4. The molecule has 0 fully saturated rings. The molecule has 0 spiro atoms. The molecule has 0 N–H and O–H groups in total. The van der Waals surface area contributed by atoms with Crippen molar-refractivity contribution in [3.8, 4) is 33.4 Å². The Hall–Kier alpha value is -8.86. The number of hydrogen-bond donors (Lipinski definition) is 0. The second-order valence-electron chi connectivity index (χ2n) is 17.5. The molecule has 0 saturated heterocycles. The van der Waals surface area contributed by atoms with E-state index in [1.807, 2.05) is 54.6 Å². The first kappa shape index (κ1) is 44.0. The Kier molecular flexibility index (Phi) is 12.5. The summed E-state index contributed by atoms with van der Waals surface area (Å²) in [5.41, 5.74) is 17.9. The smallest absolute Gasteiger partial charge is 0.194 e. The van der Waals surface area contributed by atoms with E-state index in [0.29, 0.717) is 22.3 Å². The van der Waals surface area contributed by atoms with Crippen LogP contribution >= 0.6 is 0 Å². The Morgan fingerprint density at radius 3 is 0.797 bits per heavy atom. The van der Waals surface area contributed by atoms with E-state index in [2.05, 4.69) is 213 Å². The molecule has 10 aromatic rings. The molecule has 0 amide bonds. The third-order valence-electron chi connectivity index (χ3n) is 12.7. The van der Waals surface area contributed by atoms with Gasteiger partial charge in [-0.05, 0) is 151 Å². The predicted octanol–water partition coefficient (Wildman–Crippen LogP) is 17.0. The fourth-order valence-corrected chi connectivity index (χ4v) is 8.93. The first-order valence-electron chi connectivity index (χ1n) is 23.3. The van der Waals surface area contributed by atoms with E-state index in [-0.39, 0.29) is 11.6 Å². The van der Waals surface area contributed by atoms with Crippen LogP contribution in [-0.4, -0.2) is 11.6 Å². The van der Waals surface area contributed by atoms with E-state index in [4.69, 9.17) is 0 Å². The first-order chi connectivity index (χ1) is 33.8. The third-order valence-corrected chi connectivity index (χ3v) is 12.7. The average molecular weight is 891 g/mol. The van der Waals surface area contributed by atoms with E-state index in [9.17, 15) is 9.59 Å². The summed E-state index contributed by atoms with van der Waals surface area (Å²) in [6.45, 7) is 6.27. The zero-order chi connectivity index (χ0) is 47.3. The summed E-state index contributed by atoms with van der Waals surface area (Å²) in [5.74, 6) is -0.275. The molecule has 4 nitrogen and oxygen atoms in total. The van der Waals surface area contributed by atoms with Crippen molar-refractivity contribution in [2.24, 2.45) is 0 Å². The molecule has 0 radical (unpaired) electrons. The van der Waals surface area contributed by atoms with Crippen molar-refractivity contribution in [2.45, 2.75) is 20.8 Å². The molecule has 0 bridgehead atoms. The number of anilines is 6. The highest BCUT2D eigenvalue weighted by Gasteiger charge is 2.30. The van der Waals surface area contributed by atoms with Crippen molar-refractivity contribution >= 4 is 45.7 Å². The van der Waals surface area contributed by atoms with Crippen molar-refractivity contribution in [3.63, 3.8) is 0 Å². The van der Waals surface area contributed by atoms with E-state index in [1.54, 1.807) is 12.1 Å². The number of benzene rings is 10. The van der Waals surface area contributed by atoms with Crippen LogP contribution in [-0.2, 0) is 0 Å². The van der Waals surface area contributed by atoms with E-state index >= 15 is 0 Å². The van der Waals surface area contributed by atoms with Crippen LogP contribution in [0.5, 0.6) is 0 Å². The molecule has 4 heteroatoms. The van der Waals surface area contributed by atoms with E-state index in [0.717, 1.165) is 56.4 Å².